The van der Waals surface area contributed by atoms with E-state index in [9.17, 15) is 4.79 Å². The molecule has 80 valence electrons. The van der Waals surface area contributed by atoms with Crippen LogP contribution in [-0.4, -0.2) is 12.6 Å². The fourth-order valence-electron chi connectivity index (χ4n) is 2.11. The molecule has 0 radical (unpaired) electrons. The van der Waals surface area contributed by atoms with Crippen molar-refractivity contribution >= 4 is 11.7 Å². The number of carbonyl (C=O) groups excluding carboxylic acids is 1. The molecular weight excluding hydrogens is 190 g/mol. The number of fused-ring (bicyclic) bond motifs is 1. The minimum atomic E-state index is -0.123. The number of benzene rings is 1. The van der Waals surface area contributed by atoms with E-state index in [2.05, 4.69) is 0 Å². The second kappa shape index (κ2) is 3.93. The lowest BCUT2D eigenvalue weighted by molar-refractivity contribution is -0.144. The predicted molar refractivity (Wildman–Crippen MR) is 58.5 cm³/mol. The van der Waals surface area contributed by atoms with Gasteiger partial charge in [-0.3, -0.25) is 4.79 Å². The van der Waals surface area contributed by atoms with Crippen LogP contribution in [0.15, 0.2) is 18.2 Å². The Morgan fingerprint density at radius 3 is 3.13 bits per heavy atom. The van der Waals surface area contributed by atoms with Crippen LogP contribution in [0.2, 0.25) is 0 Å². The zero-order chi connectivity index (χ0) is 10.8. The van der Waals surface area contributed by atoms with Gasteiger partial charge in [0.15, 0.2) is 0 Å². The maximum absolute atomic E-state index is 11.7. The van der Waals surface area contributed by atoms with E-state index >= 15 is 0 Å². The Balaban J connectivity index is 2.27. The van der Waals surface area contributed by atoms with Crippen LogP contribution in [0.5, 0.6) is 0 Å². The fraction of sp³-hybridized carbons (Fsp3) is 0.417. The number of carbonyl (C=O) groups is 1. The summed E-state index contributed by atoms with van der Waals surface area (Å²) in [6, 6.07) is 5.78. The molecule has 0 bridgehead atoms. The summed E-state index contributed by atoms with van der Waals surface area (Å²) >= 11 is 0. The summed E-state index contributed by atoms with van der Waals surface area (Å²) in [5.74, 6) is -0.231. The van der Waals surface area contributed by atoms with Gasteiger partial charge in [0.05, 0.1) is 12.5 Å². The van der Waals surface area contributed by atoms with E-state index in [0.717, 1.165) is 18.4 Å². The van der Waals surface area contributed by atoms with Crippen molar-refractivity contribution in [2.24, 2.45) is 0 Å². The third-order valence-electron chi connectivity index (χ3n) is 2.82. The van der Waals surface area contributed by atoms with E-state index in [1.54, 1.807) is 0 Å². The second-order valence-corrected chi connectivity index (χ2v) is 3.80. The highest BCUT2D eigenvalue weighted by atomic mass is 16.5. The number of hydrogen-bond acceptors (Lipinski definition) is 3. The van der Waals surface area contributed by atoms with Gasteiger partial charge in [0, 0.05) is 5.69 Å². The molecule has 0 aliphatic heterocycles. The molecule has 0 amide bonds. The summed E-state index contributed by atoms with van der Waals surface area (Å²) < 4.78 is 5.04. The molecule has 15 heavy (non-hydrogen) atoms. The highest BCUT2D eigenvalue weighted by Gasteiger charge is 2.29. The zero-order valence-corrected chi connectivity index (χ0v) is 8.82. The van der Waals surface area contributed by atoms with Crippen LogP contribution in [-0.2, 0) is 16.0 Å². The van der Waals surface area contributed by atoms with Crippen molar-refractivity contribution < 1.29 is 9.53 Å². The Labute approximate surface area is 89.2 Å². The molecule has 0 heterocycles. The van der Waals surface area contributed by atoms with Crippen molar-refractivity contribution in [3.8, 4) is 0 Å². The largest absolute Gasteiger partial charge is 0.466 e. The molecule has 3 nitrogen and oxygen atoms in total. The van der Waals surface area contributed by atoms with Crippen molar-refractivity contribution in [1.82, 2.24) is 0 Å². The molecule has 0 spiro atoms. The number of nitrogens with two attached hydrogens (primary N) is 1. The van der Waals surface area contributed by atoms with Crippen LogP contribution >= 0.6 is 0 Å². The average Bonchev–Trinajstić information content (AvgIpc) is 2.60. The molecule has 0 fully saturated rings. The first-order chi connectivity index (χ1) is 7.22. The SMILES string of the molecule is CCOC(=O)C1CCc2ccc(N)cc21. The van der Waals surface area contributed by atoms with Crippen LogP contribution in [0.1, 0.15) is 30.4 Å². The minimum Gasteiger partial charge on any atom is -0.466 e. The molecule has 1 aromatic rings. The zero-order valence-electron chi connectivity index (χ0n) is 8.82. The third kappa shape index (κ3) is 1.82. The van der Waals surface area contributed by atoms with Crippen molar-refractivity contribution in [3.63, 3.8) is 0 Å². The number of nitrogen functional groups attached to an aromatic ring is 1. The molecule has 1 aliphatic rings. The number of anilines is 1. The van der Waals surface area contributed by atoms with E-state index in [1.807, 2.05) is 25.1 Å². The van der Waals surface area contributed by atoms with Gasteiger partial charge in [-0.25, -0.2) is 0 Å². The molecule has 1 unspecified atom stereocenters. The summed E-state index contributed by atoms with van der Waals surface area (Å²) in [7, 11) is 0. The first-order valence-electron chi connectivity index (χ1n) is 5.27. The van der Waals surface area contributed by atoms with E-state index in [-0.39, 0.29) is 11.9 Å². The van der Waals surface area contributed by atoms with E-state index in [0.29, 0.717) is 12.3 Å². The molecule has 2 rings (SSSR count). The molecule has 1 aliphatic carbocycles. The Morgan fingerprint density at radius 1 is 1.60 bits per heavy atom. The quantitative estimate of drug-likeness (QED) is 0.592. The van der Waals surface area contributed by atoms with Gasteiger partial charge in [-0.05, 0) is 43.0 Å². The highest BCUT2D eigenvalue weighted by Crippen LogP contribution is 2.35. The molecule has 0 aromatic heterocycles. The van der Waals surface area contributed by atoms with Crippen molar-refractivity contribution in [3.05, 3.63) is 29.3 Å². The van der Waals surface area contributed by atoms with Crippen LogP contribution in [0.25, 0.3) is 0 Å². The summed E-state index contributed by atoms with van der Waals surface area (Å²) in [5, 5.41) is 0. The standard InChI is InChI=1S/C12H15NO2/c1-2-15-12(14)10-6-4-8-3-5-9(13)7-11(8)10/h3,5,7,10H,2,4,6,13H2,1H3. The van der Waals surface area contributed by atoms with Gasteiger partial charge in [0.1, 0.15) is 0 Å². The average molecular weight is 205 g/mol. The molecule has 1 aromatic carbocycles. The van der Waals surface area contributed by atoms with Crippen molar-refractivity contribution in [1.29, 1.82) is 0 Å². The van der Waals surface area contributed by atoms with Gasteiger partial charge < -0.3 is 10.5 Å². The Hall–Kier alpha value is -1.51. The first kappa shape index (κ1) is 10.0. The molecular formula is C12H15NO2. The number of ether oxygens (including phenoxy) is 1. The van der Waals surface area contributed by atoms with Crippen LogP contribution in [0.3, 0.4) is 0 Å². The predicted octanol–water partition coefficient (Wildman–Crippen LogP) is 1.86. The number of esters is 1. The van der Waals surface area contributed by atoms with Crippen LogP contribution in [0, 0.1) is 0 Å². The lowest BCUT2D eigenvalue weighted by Gasteiger charge is -2.10. The van der Waals surface area contributed by atoms with E-state index in [4.69, 9.17) is 10.5 Å². The summed E-state index contributed by atoms with van der Waals surface area (Å²) in [4.78, 5) is 11.7. The summed E-state index contributed by atoms with van der Waals surface area (Å²) in [6.45, 7) is 2.26. The minimum absolute atomic E-state index is 0.108. The molecule has 2 N–H and O–H groups in total. The molecule has 1 atom stereocenters. The van der Waals surface area contributed by atoms with Gasteiger partial charge >= 0.3 is 5.97 Å². The van der Waals surface area contributed by atoms with Gasteiger partial charge in [0.2, 0.25) is 0 Å². The number of rotatable bonds is 2. The highest BCUT2D eigenvalue weighted by molar-refractivity contribution is 5.80. The topological polar surface area (TPSA) is 52.3 Å². The normalized spacial score (nSPS) is 18.6. The van der Waals surface area contributed by atoms with Crippen molar-refractivity contribution in [2.75, 3.05) is 12.3 Å². The van der Waals surface area contributed by atoms with Gasteiger partial charge in [0.25, 0.3) is 0 Å². The lowest BCUT2D eigenvalue weighted by atomic mass is 10.0. The van der Waals surface area contributed by atoms with Crippen molar-refractivity contribution in [2.45, 2.75) is 25.7 Å². The lowest BCUT2D eigenvalue weighted by Crippen LogP contribution is -2.13. The molecule has 0 saturated heterocycles. The molecule has 0 saturated carbocycles. The van der Waals surface area contributed by atoms with Gasteiger partial charge in [-0.1, -0.05) is 6.07 Å². The second-order valence-electron chi connectivity index (χ2n) is 3.80. The number of hydrogen-bond donors (Lipinski definition) is 1. The number of aryl methyl sites for hydroxylation is 1. The summed E-state index contributed by atoms with van der Waals surface area (Å²) in [6.07, 6.45) is 1.79. The third-order valence-corrected chi connectivity index (χ3v) is 2.82. The molecule has 3 heteroatoms. The fourth-order valence-corrected chi connectivity index (χ4v) is 2.11. The summed E-state index contributed by atoms with van der Waals surface area (Å²) in [5.41, 5.74) is 8.70. The Morgan fingerprint density at radius 2 is 2.40 bits per heavy atom. The first-order valence-corrected chi connectivity index (χ1v) is 5.27. The Kier molecular flexibility index (Phi) is 2.62. The van der Waals surface area contributed by atoms with E-state index < -0.39 is 0 Å². The maximum atomic E-state index is 11.7. The maximum Gasteiger partial charge on any atom is 0.313 e. The smallest absolute Gasteiger partial charge is 0.313 e. The van der Waals surface area contributed by atoms with Gasteiger partial charge in [-0.15, -0.1) is 0 Å². The van der Waals surface area contributed by atoms with Crippen LogP contribution < -0.4 is 5.73 Å². The Bertz CT molecular complexity index is 387. The monoisotopic (exact) mass is 205 g/mol. The van der Waals surface area contributed by atoms with E-state index in [1.165, 1.54) is 5.56 Å². The van der Waals surface area contributed by atoms with Crippen LogP contribution in [0.4, 0.5) is 5.69 Å². The van der Waals surface area contributed by atoms with Gasteiger partial charge in [-0.2, -0.15) is 0 Å².